The van der Waals surface area contributed by atoms with Crippen molar-refractivity contribution in [3.8, 4) is 6.07 Å². The van der Waals surface area contributed by atoms with Crippen molar-refractivity contribution >= 4 is 17.4 Å². The molecule has 0 fully saturated rings. The van der Waals surface area contributed by atoms with Gasteiger partial charge in [-0.1, -0.05) is 13.8 Å². The average molecular weight is 206 g/mol. The number of hydrogen-bond donors (Lipinski definition) is 1. The average Bonchev–Trinajstić information content (AvgIpc) is 2.20. The molecule has 1 rings (SSSR count). The Bertz CT molecular complexity index is 355. The lowest BCUT2D eigenvalue weighted by molar-refractivity contribution is 0.905. The van der Waals surface area contributed by atoms with Crippen LogP contribution in [0.25, 0.3) is 0 Å². The lowest BCUT2D eigenvalue weighted by atomic mass is 10.2. The van der Waals surface area contributed by atoms with E-state index in [4.69, 9.17) is 11.0 Å². The zero-order valence-electron chi connectivity index (χ0n) is 8.45. The molecule has 0 aliphatic carbocycles. The third kappa shape index (κ3) is 2.68. The minimum Gasteiger partial charge on any atom is -0.399 e. The molecular weight excluding hydrogens is 192 g/mol. The number of anilines is 1. The number of nitrogens with zero attached hydrogens (tertiary/aromatic N) is 1. The Kier molecular flexibility index (Phi) is 3.84. The predicted molar refractivity (Wildman–Crippen MR) is 61.2 cm³/mol. The summed E-state index contributed by atoms with van der Waals surface area (Å²) in [6.45, 7) is 4.29. The third-order valence-electron chi connectivity index (χ3n) is 2.03. The van der Waals surface area contributed by atoms with Gasteiger partial charge in [0.25, 0.3) is 0 Å². The van der Waals surface area contributed by atoms with E-state index in [1.165, 1.54) is 0 Å². The van der Waals surface area contributed by atoms with E-state index in [0.717, 1.165) is 11.3 Å². The Hall–Kier alpha value is -1.14. The lowest BCUT2D eigenvalue weighted by Gasteiger charge is -2.09. The Morgan fingerprint density at radius 3 is 2.86 bits per heavy atom. The predicted octanol–water partition coefficient (Wildman–Crippen LogP) is 3.03. The molecule has 0 aliphatic heterocycles. The van der Waals surface area contributed by atoms with Gasteiger partial charge in [-0.15, -0.1) is 11.8 Å². The fourth-order valence-corrected chi connectivity index (χ4v) is 2.02. The second kappa shape index (κ2) is 4.92. The molecule has 1 unspecified atom stereocenters. The fraction of sp³-hybridized carbons (Fsp3) is 0.364. The SMILES string of the molecule is CCC(C)Sc1ccc(N)cc1C#N. The van der Waals surface area contributed by atoms with Crippen molar-refractivity contribution in [3.05, 3.63) is 23.8 Å². The van der Waals surface area contributed by atoms with Gasteiger partial charge in [-0.05, 0) is 24.6 Å². The number of thioether (sulfide) groups is 1. The van der Waals surface area contributed by atoms with Gasteiger partial charge in [-0.3, -0.25) is 0 Å². The Morgan fingerprint density at radius 1 is 1.57 bits per heavy atom. The van der Waals surface area contributed by atoms with E-state index >= 15 is 0 Å². The number of nitriles is 1. The summed E-state index contributed by atoms with van der Waals surface area (Å²) in [5.41, 5.74) is 6.93. The van der Waals surface area contributed by atoms with Gasteiger partial charge in [0.2, 0.25) is 0 Å². The number of rotatable bonds is 3. The van der Waals surface area contributed by atoms with Crippen LogP contribution < -0.4 is 5.73 Å². The molecule has 0 aliphatic rings. The Morgan fingerprint density at radius 2 is 2.29 bits per heavy atom. The second-order valence-electron chi connectivity index (χ2n) is 3.20. The number of hydrogen-bond acceptors (Lipinski definition) is 3. The smallest absolute Gasteiger partial charge is 0.100 e. The molecule has 3 heteroatoms. The molecule has 0 saturated carbocycles. The van der Waals surface area contributed by atoms with Crippen LogP contribution in [0.3, 0.4) is 0 Å². The third-order valence-corrected chi connectivity index (χ3v) is 3.37. The first-order valence-electron chi connectivity index (χ1n) is 4.63. The zero-order valence-corrected chi connectivity index (χ0v) is 9.27. The summed E-state index contributed by atoms with van der Waals surface area (Å²) in [6.07, 6.45) is 1.10. The van der Waals surface area contributed by atoms with Gasteiger partial charge < -0.3 is 5.73 Å². The van der Waals surface area contributed by atoms with Crippen molar-refractivity contribution in [2.24, 2.45) is 0 Å². The maximum atomic E-state index is 8.91. The molecule has 0 heterocycles. The summed E-state index contributed by atoms with van der Waals surface area (Å²) in [5.74, 6) is 0. The standard InChI is InChI=1S/C11H14N2S/c1-3-8(2)14-11-5-4-10(13)6-9(11)7-12/h4-6,8H,3,13H2,1-2H3. The molecule has 14 heavy (non-hydrogen) atoms. The van der Waals surface area contributed by atoms with Gasteiger partial charge in [0, 0.05) is 15.8 Å². The molecule has 0 spiro atoms. The van der Waals surface area contributed by atoms with Crippen LogP contribution >= 0.6 is 11.8 Å². The van der Waals surface area contributed by atoms with Crippen molar-refractivity contribution in [2.45, 2.75) is 30.4 Å². The van der Waals surface area contributed by atoms with Crippen molar-refractivity contribution < 1.29 is 0 Å². The second-order valence-corrected chi connectivity index (χ2v) is 4.68. The first kappa shape index (κ1) is 10.9. The highest BCUT2D eigenvalue weighted by molar-refractivity contribution is 8.00. The van der Waals surface area contributed by atoms with Crippen LogP contribution in [0.15, 0.2) is 23.1 Å². The number of nitrogens with two attached hydrogens (primary N) is 1. The van der Waals surface area contributed by atoms with Crippen LogP contribution in [-0.2, 0) is 0 Å². The van der Waals surface area contributed by atoms with Gasteiger partial charge in [-0.25, -0.2) is 0 Å². The highest BCUT2D eigenvalue weighted by atomic mass is 32.2. The molecule has 0 radical (unpaired) electrons. The van der Waals surface area contributed by atoms with Crippen molar-refractivity contribution in [1.82, 2.24) is 0 Å². The monoisotopic (exact) mass is 206 g/mol. The molecule has 2 N–H and O–H groups in total. The molecule has 0 bridgehead atoms. The Labute approximate surface area is 89.1 Å². The molecule has 1 aromatic carbocycles. The maximum Gasteiger partial charge on any atom is 0.100 e. The highest BCUT2D eigenvalue weighted by Crippen LogP contribution is 2.29. The quantitative estimate of drug-likeness (QED) is 0.611. The van der Waals surface area contributed by atoms with E-state index in [-0.39, 0.29) is 0 Å². The van der Waals surface area contributed by atoms with Gasteiger partial charge in [0.15, 0.2) is 0 Å². The van der Waals surface area contributed by atoms with Crippen LogP contribution in [0.2, 0.25) is 0 Å². The summed E-state index contributed by atoms with van der Waals surface area (Å²) in [4.78, 5) is 1.02. The number of nitrogen functional groups attached to an aromatic ring is 1. The van der Waals surface area contributed by atoms with Crippen LogP contribution in [0, 0.1) is 11.3 Å². The summed E-state index contributed by atoms with van der Waals surface area (Å²) >= 11 is 1.73. The summed E-state index contributed by atoms with van der Waals surface area (Å²) in [5, 5.41) is 9.44. The maximum absolute atomic E-state index is 8.91. The number of benzene rings is 1. The minimum atomic E-state index is 0.533. The van der Waals surface area contributed by atoms with Gasteiger partial charge in [-0.2, -0.15) is 5.26 Å². The first-order valence-corrected chi connectivity index (χ1v) is 5.51. The molecule has 0 saturated heterocycles. The normalized spacial score (nSPS) is 12.1. The van der Waals surface area contributed by atoms with Crippen LogP contribution in [0.4, 0.5) is 5.69 Å². The molecule has 0 amide bonds. The van der Waals surface area contributed by atoms with Crippen LogP contribution in [-0.4, -0.2) is 5.25 Å². The van der Waals surface area contributed by atoms with E-state index in [1.807, 2.05) is 12.1 Å². The highest BCUT2D eigenvalue weighted by Gasteiger charge is 2.06. The fourth-order valence-electron chi connectivity index (χ4n) is 1.04. The van der Waals surface area contributed by atoms with E-state index in [9.17, 15) is 0 Å². The largest absolute Gasteiger partial charge is 0.399 e. The van der Waals surface area contributed by atoms with E-state index < -0.39 is 0 Å². The van der Waals surface area contributed by atoms with Gasteiger partial charge >= 0.3 is 0 Å². The minimum absolute atomic E-state index is 0.533. The first-order chi connectivity index (χ1) is 6.67. The molecule has 2 nitrogen and oxygen atoms in total. The van der Waals surface area contributed by atoms with Crippen molar-refractivity contribution in [3.63, 3.8) is 0 Å². The molecule has 1 atom stereocenters. The summed E-state index contributed by atoms with van der Waals surface area (Å²) in [6, 6.07) is 7.65. The Balaban J connectivity index is 2.92. The van der Waals surface area contributed by atoms with Crippen LogP contribution in [0.1, 0.15) is 25.8 Å². The molecule has 1 aromatic rings. The van der Waals surface area contributed by atoms with Gasteiger partial charge in [0.05, 0.1) is 5.56 Å². The molecular formula is C11H14N2S. The molecule has 0 aromatic heterocycles. The van der Waals surface area contributed by atoms with Crippen molar-refractivity contribution in [2.75, 3.05) is 5.73 Å². The van der Waals surface area contributed by atoms with Crippen LogP contribution in [0.5, 0.6) is 0 Å². The summed E-state index contributed by atoms with van der Waals surface area (Å²) in [7, 11) is 0. The summed E-state index contributed by atoms with van der Waals surface area (Å²) < 4.78 is 0. The van der Waals surface area contributed by atoms with Crippen molar-refractivity contribution in [1.29, 1.82) is 5.26 Å². The van der Waals surface area contributed by atoms with E-state index in [1.54, 1.807) is 17.8 Å². The topological polar surface area (TPSA) is 49.8 Å². The van der Waals surface area contributed by atoms with E-state index in [0.29, 0.717) is 16.5 Å². The van der Waals surface area contributed by atoms with Gasteiger partial charge in [0.1, 0.15) is 6.07 Å². The van der Waals surface area contributed by atoms with E-state index in [2.05, 4.69) is 19.9 Å². The zero-order chi connectivity index (χ0) is 10.6. The lowest BCUT2D eigenvalue weighted by Crippen LogP contribution is -1.94. The molecule has 74 valence electrons.